The molecule has 0 aliphatic heterocycles. The molecule has 0 bridgehead atoms. The van der Waals surface area contributed by atoms with E-state index in [0.29, 0.717) is 54.2 Å². The van der Waals surface area contributed by atoms with Crippen LogP contribution in [0.5, 0.6) is 0 Å². The fourth-order valence-electron chi connectivity index (χ4n) is 6.24. The van der Waals surface area contributed by atoms with Crippen molar-refractivity contribution in [3.8, 4) is 11.1 Å². The maximum atomic E-state index is 13.5. The van der Waals surface area contributed by atoms with Gasteiger partial charge in [-0.25, -0.2) is 4.39 Å². The minimum absolute atomic E-state index is 0.211. The van der Waals surface area contributed by atoms with E-state index in [1.54, 1.807) is 12.1 Å². The molecule has 1 aliphatic carbocycles. The molecule has 268 valence electrons. The third kappa shape index (κ3) is 8.95. The number of alkyl halides is 3. The number of rotatable bonds is 15. The van der Waals surface area contributed by atoms with E-state index >= 15 is 0 Å². The van der Waals surface area contributed by atoms with Crippen LogP contribution in [0.25, 0.3) is 11.1 Å². The zero-order chi connectivity index (χ0) is 36.0. The van der Waals surface area contributed by atoms with E-state index in [-0.39, 0.29) is 18.0 Å². The summed E-state index contributed by atoms with van der Waals surface area (Å²) < 4.78 is 63.0. The Hall–Kier alpha value is -4.33. The molecule has 0 amide bonds. The second kappa shape index (κ2) is 16.3. The van der Waals surface area contributed by atoms with Gasteiger partial charge in [-0.3, -0.25) is 4.79 Å². The standard InChI is InChI=1S/C38H40F4N6O2S/c1-3-46(4-2)20-21-50-24-35-45-44-34(48(35)22-26-8-12-28(13-9-26)29-14-16-30(17-15-29)38(40,41)42)23-47-33-7-5-6-32(33)36(49)43-37(47)51-25-27-10-18-31(39)19-11-27/h8-19H,3-7,20-25H2,1-2H3. The number of likely N-dealkylation sites (N-methyl/N-ethyl adjacent to an activating group) is 1. The van der Waals surface area contributed by atoms with Gasteiger partial charge in [-0.15, -0.1) is 10.2 Å². The van der Waals surface area contributed by atoms with Crippen LogP contribution in [0, 0.1) is 5.82 Å². The van der Waals surface area contributed by atoms with Crippen molar-refractivity contribution in [2.45, 2.75) is 69.9 Å². The minimum Gasteiger partial charge on any atom is -0.372 e. The van der Waals surface area contributed by atoms with Crippen molar-refractivity contribution in [1.82, 2.24) is 29.2 Å². The highest BCUT2D eigenvalue weighted by Crippen LogP contribution is 2.31. The number of ether oxygens (including phenoxy) is 1. The van der Waals surface area contributed by atoms with Crippen molar-refractivity contribution < 1.29 is 22.3 Å². The zero-order valence-electron chi connectivity index (χ0n) is 28.6. The van der Waals surface area contributed by atoms with Crippen molar-refractivity contribution in [3.63, 3.8) is 0 Å². The van der Waals surface area contributed by atoms with Crippen molar-refractivity contribution in [2.75, 3.05) is 26.2 Å². The highest BCUT2D eigenvalue weighted by Gasteiger charge is 2.30. The first-order chi connectivity index (χ1) is 24.6. The van der Waals surface area contributed by atoms with Crippen molar-refractivity contribution in [2.24, 2.45) is 0 Å². The minimum atomic E-state index is -4.39. The fraction of sp³-hybridized carbons (Fsp3) is 0.368. The summed E-state index contributed by atoms with van der Waals surface area (Å²) in [7, 11) is 0. The molecular weight excluding hydrogens is 681 g/mol. The largest absolute Gasteiger partial charge is 0.416 e. The van der Waals surface area contributed by atoms with Crippen molar-refractivity contribution in [3.05, 3.63) is 129 Å². The lowest BCUT2D eigenvalue weighted by Gasteiger charge is -2.19. The van der Waals surface area contributed by atoms with Crippen LogP contribution in [0.1, 0.15) is 59.9 Å². The quantitative estimate of drug-likeness (QED) is 0.0483. The van der Waals surface area contributed by atoms with E-state index in [1.807, 2.05) is 28.8 Å². The van der Waals surface area contributed by atoms with Crippen LogP contribution in [-0.2, 0) is 49.2 Å². The van der Waals surface area contributed by atoms with Crippen LogP contribution in [-0.4, -0.2) is 55.5 Å². The summed E-state index contributed by atoms with van der Waals surface area (Å²) >= 11 is 1.43. The van der Waals surface area contributed by atoms with E-state index < -0.39 is 11.7 Å². The summed E-state index contributed by atoms with van der Waals surface area (Å²) in [6.45, 7) is 8.44. The van der Waals surface area contributed by atoms with Gasteiger partial charge < -0.3 is 18.8 Å². The number of fused-ring (bicyclic) bond motifs is 1. The number of thioether (sulfide) groups is 1. The smallest absolute Gasteiger partial charge is 0.372 e. The van der Waals surface area contributed by atoms with Crippen LogP contribution in [0.15, 0.2) is 82.7 Å². The molecule has 0 atom stereocenters. The maximum Gasteiger partial charge on any atom is 0.416 e. The van der Waals surface area contributed by atoms with E-state index in [9.17, 15) is 22.4 Å². The Balaban J connectivity index is 1.28. The Morgan fingerprint density at radius 2 is 1.47 bits per heavy atom. The predicted molar refractivity (Wildman–Crippen MR) is 189 cm³/mol. The first kappa shape index (κ1) is 36.5. The van der Waals surface area contributed by atoms with E-state index in [2.05, 4.69) is 38.5 Å². The normalized spacial score (nSPS) is 12.9. The van der Waals surface area contributed by atoms with Gasteiger partial charge in [0.05, 0.1) is 25.3 Å². The Bertz CT molecular complexity index is 1970. The Morgan fingerprint density at radius 3 is 2.14 bits per heavy atom. The predicted octanol–water partition coefficient (Wildman–Crippen LogP) is 7.40. The molecule has 3 aromatic carbocycles. The average Bonchev–Trinajstić information content (AvgIpc) is 3.77. The van der Waals surface area contributed by atoms with E-state index in [1.165, 1.54) is 36.0 Å². The van der Waals surface area contributed by atoms with Gasteiger partial charge in [0.1, 0.15) is 12.4 Å². The lowest BCUT2D eigenvalue weighted by atomic mass is 10.0. The second-order valence-electron chi connectivity index (χ2n) is 12.4. The molecule has 0 spiro atoms. The van der Waals surface area contributed by atoms with Gasteiger partial charge in [-0.2, -0.15) is 18.2 Å². The monoisotopic (exact) mass is 720 g/mol. The van der Waals surface area contributed by atoms with E-state index in [4.69, 9.17) is 4.74 Å². The topological polar surface area (TPSA) is 78.1 Å². The molecule has 0 fully saturated rings. The fourth-order valence-corrected chi connectivity index (χ4v) is 7.21. The molecule has 8 nitrogen and oxygen atoms in total. The molecule has 5 aromatic rings. The molecule has 0 saturated carbocycles. The van der Waals surface area contributed by atoms with Crippen LogP contribution >= 0.6 is 11.8 Å². The zero-order valence-corrected chi connectivity index (χ0v) is 29.4. The second-order valence-corrected chi connectivity index (χ2v) is 13.4. The SMILES string of the molecule is CCN(CC)CCOCc1nnc(Cn2c(SCc3ccc(F)cc3)nc(=O)c3c2CCC3)n1Cc1ccc(-c2ccc(C(F)(F)F)cc2)cc1. The number of nitrogens with zero attached hydrogens (tertiary/aromatic N) is 6. The summed E-state index contributed by atoms with van der Waals surface area (Å²) in [5.74, 6) is 1.53. The first-order valence-corrected chi connectivity index (χ1v) is 18.1. The summed E-state index contributed by atoms with van der Waals surface area (Å²) in [5.41, 5.74) is 4.13. The highest BCUT2D eigenvalue weighted by atomic mass is 32.2. The highest BCUT2D eigenvalue weighted by molar-refractivity contribution is 7.98. The summed E-state index contributed by atoms with van der Waals surface area (Å²) in [6, 6.07) is 19.1. The third-order valence-corrected chi connectivity index (χ3v) is 10.3. The lowest BCUT2D eigenvalue weighted by molar-refractivity contribution is -0.137. The number of benzene rings is 3. The summed E-state index contributed by atoms with van der Waals surface area (Å²) in [4.78, 5) is 19.8. The number of hydrogen-bond acceptors (Lipinski definition) is 7. The molecule has 0 radical (unpaired) electrons. The molecule has 0 unspecified atom stereocenters. The molecule has 0 N–H and O–H groups in total. The Kier molecular flexibility index (Phi) is 11.7. The first-order valence-electron chi connectivity index (χ1n) is 17.1. The Morgan fingerprint density at radius 1 is 0.824 bits per heavy atom. The Labute approximate surface area is 298 Å². The van der Waals surface area contributed by atoms with Gasteiger partial charge in [-0.1, -0.05) is 74.1 Å². The molecule has 2 aromatic heterocycles. The van der Waals surface area contributed by atoms with Gasteiger partial charge in [0.2, 0.25) is 0 Å². The lowest BCUT2D eigenvalue weighted by Crippen LogP contribution is -2.27. The van der Waals surface area contributed by atoms with Crippen LogP contribution in [0.4, 0.5) is 17.6 Å². The molecule has 6 rings (SSSR count). The molecular formula is C38H40F4N6O2S. The molecule has 13 heteroatoms. The number of aromatic nitrogens is 5. The molecule has 0 saturated heterocycles. The molecule has 2 heterocycles. The third-order valence-electron chi connectivity index (χ3n) is 9.20. The molecule has 51 heavy (non-hydrogen) atoms. The van der Waals surface area contributed by atoms with Gasteiger partial charge in [0.25, 0.3) is 5.56 Å². The van der Waals surface area contributed by atoms with Crippen LogP contribution in [0.3, 0.4) is 0 Å². The van der Waals surface area contributed by atoms with Crippen molar-refractivity contribution in [1.29, 1.82) is 0 Å². The van der Waals surface area contributed by atoms with Crippen LogP contribution in [0.2, 0.25) is 0 Å². The summed E-state index contributed by atoms with van der Waals surface area (Å²) in [5, 5.41) is 9.73. The van der Waals surface area contributed by atoms with Crippen molar-refractivity contribution >= 4 is 11.8 Å². The van der Waals surface area contributed by atoms with E-state index in [0.717, 1.165) is 72.6 Å². The average molecular weight is 721 g/mol. The number of hydrogen-bond donors (Lipinski definition) is 0. The van der Waals surface area contributed by atoms with Gasteiger partial charge >= 0.3 is 6.18 Å². The van der Waals surface area contributed by atoms with Crippen LogP contribution < -0.4 is 5.56 Å². The molecule has 1 aliphatic rings. The summed E-state index contributed by atoms with van der Waals surface area (Å²) in [6.07, 6.45) is -2.10. The van der Waals surface area contributed by atoms with Gasteiger partial charge in [-0.05, 0) is 78.9 Å². The van der Waals surface area contributed by atoms with Gasteiger partial charge in [0, 0.05) is 23.6 Å². The number of halogens is 4. The van der Waals surface area contributed by atoms with Gasteiger partial charge in [0.15, 0.2) is 16.8 Å². The maximum absolute atomic E-state index is 13.5.